The van der Waals surface area contributed by atoms with Crippen molar-refractivity contribution < 1.29 is 38.2 Å². The van der Waals surface area contributed by atoms with Crippen molar-refractivity contribution in [3.05, 3.63) is 72.9 Å². The van der Waals surface area contributed by atoms with Crippen LogP contribution in [0.25, 0.3) is 0 Å². The van der Waals surface area contributed by atoms with Gasteiger partial charge in [-0.25, -0.2) is 4.79 Å². The van der Waals surface area contributed by atoms with Crippen LogP contribution in [0.4, 0.5) is 0 Å². The van der Waals surface area contributed by atoms with Crippen molar-refractivity contribution in [3.8, 4) is 0 Å². The molecule has 63 heavy (non-hydrogen) atoms. The van der Waals surface area contributed by atoms with Gasteiger partial charge in [-0.1, -0.05) is 177 Å². The zero-order chi connectivity index (χ0) is 46.3. The Hall–Kier alpha value is -3.23. The summed E-state index contributed by atoms with van der Waals surface area (Å²) in [7, 11) is 5.52. The van der Waals surface area contributed by atoms with Gasteiger partial charge in [-0.3, -0.25) is 9.59 Å². The van der Waals surface area contributed by atoms with Gasteiger partial charge < -0.3 is 23.8 Å². The lowest BCUT2D eigenvalue weighted by molar-refractivity contribution is -0.887. The molecule has 2 atom stereocenters. The van der Waals surface area contributed by atoms with Crippen LogP contribution < -0.4 is 0 Å². The number of ether oxygens (including phenoxy) is 3. The average Bonchev–Trinajstić information content (AvgIpc) is 3.24. The normalized spacial score (nSPS) is 13.5. The van der Waals surface area contributed by atoms with Gasteiger partial charge in [0.05, 0.1) is 34.4 Å². The van der Waals surface area contributed by atoms with Crippen LogP contribution in [0.1, 0.15) is 206 Å². The highest BCUT2D eigenvalue weighted by Crippen LogP contribution is 2.14. The van der Waals surface area contributed by atoms with Crippen molar-refractivity contribution in [2.45, 2.75) is 219 Å². The summed E-state index contributed by atoms with van der Waals surface area (Å²) < 4.78 is 17.3. The highest BCUT2D eigenvalue weighted by molar-refractivity contribution is 5.72. The summed E-state index contributed by atoms with van der Waals surface area (Å²) in [4.78, 5) is 37.2. The lowest BCUT2D eigenvalue weighted by Gasteiger charge is -2.31. The number of rotatable bonds is 45. The van der Waals surface area contributed by atoms with Crippen LogP contribution in [-0.4, -0.2) is 80.6 Å². The number of hydrogen-bond acceptors (Lipinski definition) is 6. The molecule has 8 nitrogen and oxygen atoms in total. The van der Waals surface area contributed by atoms with Crippen LogP contribution in [0, 0.1) is 0 Å². The quantitative estimate of drug-likeness (QED) is 0.0281. The zero-order valence-corrected chi connectivity index (χ0v) is 41.3. The first-order valence-corrected chi connectivity index (χ1v) is 25.5. The van der Waals surface area contributed by atoms with Crippen molar-refractivity contribution in [2.75, 3.05) is 41.0 Å². The highest BCUT2D eigenvalue weighted by atomic mass is 16.6. The number of allylic oxidation sites excluding steroid dienone is 12. The van der Waals surface area contributed by atoms with E-state index in [9.17, 15) is 19.5 Å². The van der Waals surface area contributed by atoms with E-state index in [0.717, 1.165) is 83.5 Å². The predicted molar refractivity (Wildman–Crippen MR) is 266 cm³/mol. The standard InChI is InChI=1S/C55H95NO7/c1-6-8-10-12-14-16-18-20-22-24-26-28-30-32-34-36-38-40-42-44-46-54(58)63-51(49-61-48-47-52(55(59)60)56(3,4)5)50-62-53(57)45-43-41-39-37-35-33-31-29-27-25-23-21-19-17-15-13-11-9-7-2/h8,10,14,16,20,22,25-28,32,34,51-52H,6-7,9,11-13,15,17-19,21,23-24,29-31,33,35-50H2,1-5H3/p+1/b10-8+,16-14+,22-20+,27-25+,28-26+,34-32+. The Labute approximate surface area is 387 Å². The molecule has 8 heteroatoms. The Morgan fingerprint density at radius 3 is 1.33 bits per heavy atom. The summed E-state index contributed by atoms with van der Waals surface area (Å²) in [6.07, 6.45) is 58.1. The second kappa shape index (κ2) is 45.3. The number of aliphatic carboxylic acids is 1. The maximum Gasteiger partial charge on any atom is 0.362 e. The van der Waals surface area contributed by atoms with Crippen LogP contribution in [0.15, 0.2) is 72.9 Å². The van der Waals surface area contributed by atoms with Gasteiger partial charge in [-0.2, -0.15) is 0 Å². The number of nitrogens with zero attached hydrogens (tertiary/aromatic N) is 1. The van der Waals surface area contributed by atoms with Gasteiger partial charge in [0.1, 0.15) is 6.61 Å². The van der Waals surface area contributed by atoms with Crippen LogP contribution >= 0.6 is 0 Å². The van der Waals surface area contributed by atoms with E-state index >= 15 is 0 Å². The molecule has 2 unspecified atom stereocenters. The number of carbonyl (C=O) groups is 3. The van der Waals surface area contributed by atoms with Crippen molar-refractivity contribution in [1.82, 2.24) is 0 Å². The molecule has 0 radical (unpaired) electrons. The number of carbonyl (C=O) groups excluding carboxylic acids is 2. The van der Waals surface area contributed by atoms with Crippen LogP contribution in [-0.2, 0) is 28.6 Å². The first-order chi connectivity index (χ1) is 30.6. The molecule has 362 valence electrons. The summed E-state index contributed by atoms with van der Waals surface area (Å²) in [5.74, 6) is -1.51. The van der Waals surface area contributed by atoms with E-state index in [1.54, 1.807) is 0 Å². The smallest absolute Gasteiger partial charge is 0.362 e. The zero-order valence-electron chi connectivity index (χ0n) is 41.3. The van der Waals surface area contributed by atoms with Crippen LogP contribution in [0.3, 0.4) is 0 Å². The number of quaternary nitrogens is 1. The van der Waals surface area contributed by atoms with E-state index in [1.165, 1.54) is 89.9 Å². The molecule has 0 rings (SSSR count). The summed E-state index contributed by atoms with van der Waals surface area (Å²) in [6, 6.07) is -0.624. The van der Waals surface area contributed by atoms with Gasteiger partial charge in [0.2, 0.25) is 0 Å². The molecule has 0 aromatic rings. The minimum absolute atomic E-state index is 0.0464. The summed E-state index contributed by atoms with van der Waals surface area (Å²) >= 11 is 0. The Kier molecular flexibility index (Phi) is 43.0. The number of carboxylic acid groups (broad SMARTS) is 1. The molecule has 0 saturated heterocycles. The fourth-order valence-corrected chi connectivity index (χ4v) is 7.17. The topological polar surface area (TPSA) is 99.1 Å². The van der Waals surface area contributed by atoms with Crippen LogP contribution in [0.2, 0.25) is 0 Å². The third-order valence-corrected chi connectivity index (χ3v) is 11.1. The van der Waals surface area contributed by atoms with E-state index < -0.39 is 18.1 Å². The molecule has 0 aliphatic carbocycles. The second-order valence-corrected chi connectivity index (χ2v) is 18.0. The molecule has 0 aromatic carbocycles. The average molecular weight is 883 g/mol. The van der Waals surface area contributed by atoms with E-state index in [1.807, 2.05) is 21.1 Å². The molecule has 0 heterocycles. The maximum atomic E-state index is 12.8. The molecule has 0 aliphatic heterocycles. The first-order valence-electron chi connectivity index (χ1n) is 25.5. The number of unbranched alkanes of at least 4 members (excludes halogenated alkanes) is 19. The molecule has 0 aliphatic rings. The Balaban J connectivity index is 4.33. The predicted octanol–water partition coefficient (Wildman–Crippen LogP) is 14.7. The lowest BCUT2D eigenvalue weighted by atomic mass is 10.1. The minimum atomic E-state index is -0.881. The minimum Gasteiger partial charge on any atom is -0.477 e. The van der Waals surface area contributed by atoms with Gasteiger partial charge in [-0.15, -0.1) is 0 Å². The van der Waals surface area contributed by atoms with Gasteiger partial charge in [-0.05, 0) is 83.5 Å². The highest BCUT2D eigenvalue weighted by Gasteiger charge is 2.31. The number of likely N-dealkylation sites (N-methyl/N-ethyl adjacent to an activating group) is 1. The third kappa shape index (κ3) is 43.8. The Bertz CT molecular complexity index is 1260. The first kappa shape index (κ1) is 59.8. The molecule has 0 fully saturated rings. The molecule has 0 saturated carbocycles. The maximum absolute atomic E-state index is 12.8. The Morgan fingerprint density at radius 2 is 0.889 bits per heavy atom. The molecule has 1 N–H and O–H groups in total. The molecule has 0 spiro atoms. The summed E-state index contributed by atoms with van der Waals surface area (Å²) in [5.41, 5.74) is 0. The lowest BCUT2D eigenvalue weighted by Crippen LogP contribution is -2.50. The summed E-state index contributed by atoms with van der Waals surface area (Å²) in [5, 5.41) is 9.65. The number of carboxylic acids is 1. The fourth-order valence-electron chi connectivity index (χ4n) is 7.17. The van der Waals surface area contributed by atoms with Gasteiger partial charge in [0, 0.05) is 19.3 Å². The van der Waals surface area contributed by atoms with Crippen molar-refractivity contribution in [2.24, 2.45) is 0 Å². The van der Waals surface area contributed by atoms with Gasteiger partial charge in [0.25, 0.3) is 0 Å². The van der Waals surface area contributed by atoms with E-state index in [-0.39, 0.29) is 36.2 Å². The molecular weight excluding hydrogens is 787 g/mol. The molecular formula is C55H96NO7+. The third-order valence-electron chi connectivity index (χ3n) is 11.1. The molecule has 0 aromatic heterocycles. The summed E-state index contributed by atoms with van der Waals surface area (Å²) in [6.45, 7) is 4.60. The van der Waals surface area contributed by atoms with Crippen molar-refractivity contribution in [3.63, 3.8) is 0 Å². The second-order valence-electron chi connectivity index (χ2n) is 18.0. The van der Waals surface area contributed by atoms with Crippen LogP contribution in [0.5, 0.6) is 0 Å². The van der Waals surface area contributed by atoms with Crippen molar-refractivity contribution in [1.29, 1.82) is 0 Å². The van der Waals surface area contributed by atoms with Gasteiger partial charge >= 0.3 is 17.9 Å². The monoisotopic (exact) mass is 883 g/mol. The number of hydrogen-bond donors (Lipinski definition) is 1. The van der Waals surface area contributed by atoms with E-state index in [0.29, 0.717) is 19.3 Å². The molecule has 0 amide bonds. The van der Waals surface area contributed by atoms with E-state index in [2.05, 4.69) is 86.8 Å². The molecule has 0 bridgehead atoms. The number of esters is 2. The van der Waals surface area contributed by atoms with E-state index in [4.69, 9.17) is 14.2 Å². The van der Waals surface area contributed by atoms with Gasteiger partial charge in [0.15, 0.2) is 12.1 Å². The Morgan fingerprint density at radius 1 is 0.492 bits per heavy atom. The SMILES string of the molecule is CC/C=C/C/C=C/C/C=C/C/C=C/C/C=C/CCCCCCC(=O)OC(COCCC(C(=O)O)[N+](C)(C)C)COC(=O)CCCCCCCCC/C=C/CCCCCCCCCC. The van der Waals surface area contributed by atoms with Crippen molar-refractivity contribution >= 4 is 17.9 Å². The fraction of sp³-hybridized carbons (Fsp3) is 0.727. The largest absolute Gasteiger partial charge is 0.477 e.